The molecule has 32 heavy (non-hydrogen) atoms. The number of carbonyl (C=O) groups excluding carboxylic acids is 1. The molecular formula is C27H20N4O. The summed E-state index contributed by atoms with van der Waals surface area (Å²) in [6.07, 6.45) is 3.86. The van der Waals surface area contributed by atoms with Gasteiger partial charge in [-0.25, -0.2) is 0 Å². The van der Waals surface area contributed by atoms with E-state index in [1.807, 2.05) is 42.6 Å². The topological polar surface area (TPSA) is 71.0 Å². The maximum atomic E-state index is 13.1. The average molecular weight is 416 g/mol. The van der Waals surface area contributed by atoms with Gasteiger partial charge in [-0.2, -0.15) is 10.4 Å². The van der Waals surface area contributed by atoms with Crippen LogP contribution in [0.5, 0.6) is 0 Å². The summed E-state index contributed by atoms with van der Waals surface area (Å²) >= 11 is 0. The number of hydrogen-bond donors (Lipinski definition) is 0. The molecule has 0 saturated heterocycles. The smallest absolute Gasteiger partial charge is 0.185 e. The summed E-state index contributed by atoms with van der Waals surface area (Å²) < 4.78 is 1.79. The van der Waals surface area contributed by atoms with Gasteiger partial charge in [0.05, 0.1) is 30.9 Å². The van der Waals surface area contributed by atoms with E-state index in [2.05, 4.69) is 46.5 Å². The Balaban J connectivity index is 1.31. The molecule has 5 nitrogen and oxygen atoms in total. The van der Waals surface area contributed by atoms with Crippen molar-refractivity contribution in [2.24, 2.45) is 4.99 Å². The summed E-state index contributed by atoms with van der Waals surface area (Å²) in [7, 11) is 0. The second kappa shape index (κ2) is 8.44. The van der Waals surface area contributed by atoms with Gasteiger partial charge in [0, 0.05) is 18.2 Å². The Morgan fingerprint density at radius 1 is 0.969 bits per heavy atom. The van der Waals surface area contributed by atoms with Gasteiger partial charge in [-0.3, -0.25) is 14.5 Å². The first-order valence-corrected chi connectivity index (χ1v) is 10.5. The molecule has 2 heterocycles. The molecule has 0 saturated carbocycles. The molecule has 0 N–H and O–H groups in total. The van der Waals surface area contributed by atoms with Crippen LogP contribution >= 0.6 is 0 Å². The van der Waals surface area contributed by atoms with Crippen molar-refractivity contribution in [3.05, 3.63) is 113 Å². The third-order valence-electron chi connectivity index (χ3n) is 5.60. The van der Waals surface area contributed by atoms with Crippen molar-refractivity contribution < 1.29 is 4.79 Å². The highest BCUT2D eigenvalue weighted by Gasteiger charge is 2.23. The van der Waals surface area contributed by atoms with Crippen LogP contribution in [0.25, 0.3) is 11.1 Å². The molecule has 154 valence electrons. The van der Waals surface area contributed by atoms with Gasteiger partial charge >= 0.3 is 0 Å². The number of benzene rings is 3. The second-order valence-electron chi connectivity index (χ2n) is 7.86. The maximum absolute atomic E-state index is 13.1. The molecule has 1 aromatic heterocycles. The van der Waals surface area contributed by atoms with Crippen LogP contribution in [0.1, 0.15) is 27.8 Å². The molecule has 5 heteroatoms. The summed E-state index contributed by atoms with van der Waals surface area (Å²) in [4.78, 5) is 17.6. The molecule has 1 aliphatic rings. The fourth-order valence-electron chi connectivity index (χ4n) is 4.01. The van der Waals surface area contributed by atoms with Gasteiger partial charge < -0.3 is 0 Å². The zero-order valence-electron chi connectivity index (χ0n) is 17.4. The van der Waals surface area contributed by atoms with Gasteiger partial charge in [-0.05, 0) is 46.0 Å². The van der Waals surface area contributed by atoms with Crippen LogP contribution in [0, 0.1) is 11.3 Å². The number of hydrogen-bond acceptors (Lipinski definition) is 4. The zero-order valence-corrected chi connectivity index (χ0v) is 17.4. The van der Waals surface area contributed by atoms with Crippen LogP contribution in [0.15, 0.2) is 90.2 Å². The van der Waals surface area contributed by atoms with E-state index >= 15 is 0 Å². The van der Waals surface area contributed by atoms with Crippen LogP contribution in [0.3, 0.4) is 0 Å². The van der Waals surface area contributed by atoms with E-state index < -0.39 is 0 Å². The molecule has 4 aromatic rings. The molecule has 0 atom stereocenters. The molecule has 0 radical (unpaired) electrons. The number of aliphatic imine (C=N–C) groups is 1. The van der Waals surface area contributed by atoms with E-state index in [1.54, 1.807) is 16.9 Å². The lowest BCUT2D eigenvalue weighted by Gasteiger charge is -2.07. The number of nitriles is 1. The lowest BCUT2D eigenvalue weighted by molar-refractivity contribution is -0.112. The Kier molecular flexibility index (Phi) is 5.19. The zero-order chi connectivity index (χ0) is 21.9. The van der Waals surface area contributed by atoms with Crippen molar-refractivity contribution in [3.8, 4) is 17.2 Å². The largest absolute Gasteiger partial charge is 0.292 e. The molecule has 0 fully saturated rings. The Labute approximate surface area is 186 Å². The van der Waals surface area contributed by atoms with E-state index in [0.717, 1.165) is 33.4 Å². The number of fused-ring (bicyclic) bond motifs is 1. The first-order chi connectivity index (χ1) is 15.7. The van der Waals surface area contributed by atoms with Gasteiger partial charge in [0.15, 0.2) is 5.78 Å². The molecule has 0 unspecified atom stereocenters. The van der Waals surface area contributed by atoms with E-state index in [9.17, 15) is 4.79 Å². The van der Waals surface area contributed by atoms with Crippen LogP contribution < -0.4 is 0 Å². The quantitative estimate of drug-likeness (QED) is 0.462. The third kappa shape index (κ3) is 3.99. The van der Waals surface area contributed by atoms with Crippen LogP contribution in [-0.4, -0.2) is 21.3 Å². The van der Waals surface area contributed by atoms with E-state index in [1.165, 1.54) is 0 Å². The number of rotatable bonds is 6. The van der Waals surface area contributed by atoms with Gasteiger partial charge in [0.2, 0.25) is 0 Å². The van der Waals surface area contributed by atoms with Gasteiger partial charge in [0.1, 0.15) is 5.71 Å². The van der Waals surface area contributed by atoms with Crippen molar-refractivity contribution in [2.45, 2.75) is 19.5 Å². The summed E-state index contributed by atoms with van der Waals surface area (Å²) in [5, 5.41) is 13.5. The highest BCUT2D eigenvalue weighted by molar-refractivity contribution is 6.47. The van der Waals surface area contributed by atoms with Gasteiger partial charge in [-0.15, -0.1) is 0 Å². The first kappa shape index (κ1) is 19.7. The van der Waals surface area contributed by atoms with Crippen LogP contribution in [0.2, 0.25) is 0 Å². The summed E-state index contributed by atoms with van der Waals surface area (Å²) in [6, 6.07) is 26.0. The lowest BCUT2D eigenvalue weighted by atomic mass is 9.95. The highest BCUT2D eigenvalue weighted by atomic mass is 16.1. The second-order valence-corrected chi connectivity index (χ2v) is 7.86. The highest BCUT2D eigenvalue weighted by Crippen LogP contribution is 2.27. The third-order valence-corrected chi connectivity index (χ3v) is 5.60. The summed E-state index contributed by atoms with van der Waals surface area (Å²) in [5.41, 5.74) is 7.23. The van der Waals surface area contributed by atoms with Crippen LogP contribution in [0.4, 0.5) is 0 Å². The molecule has 5 rings (SSSR count). The van der Waals surface area contributed by atoms with Crippen molar-refractivity contribution in [1.29, 1.82) is 5.26 Å². The number of nitrogens with zero attached hydrogens (tertiary/aromatic N) is 4. The van der Waals surface area contributed by atoms with Gasteiger partial charge in [-0.1, -0.05) is 54.6 Å². The predicted octanol–water partition coefficient (Wildman–Crippen LogP) is 4.58. The molecule has 3 aromatic carbocycles. The fraction of sp³-hybridized carbons (Fsp3) is 0.111. The number of ketones is 1. The Morgan fingerprint density at radius 2 is 1.84 bits per heavy atom. The molecule has 0 amide bonds. The Morgan fingerprint density at radius 3 is 2.69 bits per heavy atom. The minimum absolute atomic E-state index is 0.00000968. The van der Waals surface area contributed by atoms with E-state index in [4.69, 9.17) is 5.26 Å². The van der Waals surface area contributed by atoms with Crippen molar-refractivity contribution in [1.82, 2.24) is 9.78 Å². The van der Waals surface area contributed by atoms with Crippen LogP contribution in [-0.2, 0) is 24.3 Å². The standard InChI is InChI=1S/C27H20N4O/c28-14-19-5-4-6-20(11-19)17-31-18-21(15-30-31)12-26(32)27-25-13-23(9-10-24(25)16-29-27)22-7-2-1-3-8-22/h1-11,13,15,18H,12,16-17H2. The maximum Gasteiger partial charge on any atom is 0.185 e. The lowest BCUT2D eigenvalue weighted by Crippen LogP contribution is -2.16. The fourth-order valence-corrected chi connectivity index (χ4v) is 4.01. The normalized spacial score (nSPS) is 12.2. The number of carbonyl (C=O) groups is 1. The van der Waals surface area contributed by atoms with Crippen molar-refractivity contribution >= 4 is 11.5 Å². The first-order valence-electron chi connectivity index (χ1n) is 10.5. The SMILES string of the molecule is N#Cc1cccc(Cn2cc(CC(=O)C3=NCc4ccc(-c5ccccc5)cc43)cn2)c1. The molecule has 1 aliphatic heterocycles. The van der Waals surface area contributed by atoms with Gasteiger partial charge in [0.25, 0.3) is 0 Å². The summed E-state index contributed by atoms with van der Waals surface area (Å²) in [5.74, 6) is -0.00000968. The minimum atomic E-state index is -0.00000968. The monoisotopic (exact) mass is 416 g/mol. The molecular weight excluding hydrogens is 396 g/mol. The molecule has 0 bridgehead atoms. The average Bonchev–Trinajstić information content (AvgIpc) is 3.46. The Bertz CT molecular complexity index is 1380. The predicted molar refractivity (Wildman–Crippen MR) is 123 cm³/mol. The van der Waals surface area contributed by atoms with Crippen molar-refractivity contribution in [2.75, 3.05) is 0 Å². The van der Waals surface area contributed by atoms with E-state index in [0.29, 0.717) is 24.4 Å². The molecule has 0 spiro atoms. The number of Topliss-reactive ketones (excluding diaryl/α,β-unsaturated/α-hetero) is 1. The minimum Gasteiger partial charge on any atom is -0.292 e. The molecule has 0 aliphatic carbocycles. The summed E-state index contributed by atoms with van der Waals surface area (Å²) in [6.45, 7) is 1.09. The Hall–Kier alpha value is -4.30. The van der Waals surface area contributed by atoms with Crippen molar-refractivity contribution in [3.63, 3.8) is 0 Å². The number of aromatic nitrogens is 2. The van der Waals surface area contributed by atoms with E-state index in [-0.39, 0.29) is 12.2 Å².